The van der Waals surface area contributed by atoms with Gasteiger partial charge < -0.3 is 5.73 Å². The number of rotatable bonds is 3. The minimum absolute atomic E-state index is 0.141. The second-order valence-corrected chi connectivity index (χ2v) is 4.18. The molecule has 0 aliphatic carbocycles. The van der Waals surface area contributed by atoms with Gasteiger partial charge in [-0.2, -0.15) is 0 Å². The van der Waals surface area contributed by atoms with Crippen LogP contribution in [0.2, 0.25) is 0 Å². The Hall–Kier alpha value is -0.600. The smallest absolute Gasteiger partial charge is 0.0429 e. The average Bonchev–Trinajstić information content (AvgIpc) is 2.33. The van der Waals surface area contributed by atoms with E-state index in [4.69, 9.17) is 5.73 Å². The normalized spacial score (nSPS) is 12.9. The molecule has 1 aromatic rings. The summed E-state index contributed by atoms with van der Waals surface area (Å²) < 4.78 is 0. The quantitative estimate of drug-likeness (QED) is 0.713. The standard InChI is InChI=1S/C10H15NS/c1-7(2)6-9(11)10-8(3)4-5-12-10/h4-5,9H,1,6,11H2,2-3H3. The van der Waals surface area contributed by atoms with E-state index in [9.17, 15) is 0 Å². The van der Waals surface area contributed by atoms with Crippen molar-refractivity contribution in [2.45, 2.75) is 26.3 Å². The van der Waals surface area contributed by atoms with E-state index in [1.54, 1.807) is 11.3 Å². The number of thiophene rings is 1. The summed E-state index contributed by atoms with van der Waals surface area (Å²) in [7, 11) is 0. The predicted octanol–water partition coefficient (Wildman–Crippen LogP) is 3.02. The van der Waals surface area contributed by atoms with Crippen LogP contribution < -0.4 is 5.73 Å². The second kappa shape index (κ2) is 3.87. The molecule has 2 heteroatoms. The monoisotopic (exact) mass is 181 g/mol. The molecule has 1 unspecified atom stereocenters. The van der Waals surface area contributed by atoms with E-state index in [0.717, 1.165) is 12.0 Å². The number of hydrogen-bond acceptors (Lipinski definition) is 2. The van der Waals surface area contributed by atoms with Gasteiger partial charge >= 0.3 is 0 Å². The summed E-state index contributed by atoms with van der Waals surface area (Å²) in [6.07, 6.45) is 0.890. The zero-order valence-electron chi connectivity index (χ0n) is 7.63. The molecule has 66 valence electrons. The molecule has 0 fully saturated rings. The maximum atomic E-state index is 5.99. The van der Waals surface area contributed by atoms with Gasteiger partial charge in [-0.05, 0) is 37.3 Å². The molecule has 0 amide bonds. The molecular weight excluding hydrogens is 166 g/mol. The molecule has 0 saturated heterocycles. The summed E-state index contributed by atoms with van der Waals surface area (Å²) in [5.41, 5.74) is 8.44. The number of aryl methyl sites for hydroxylation is 1. The maximum Gasteiger partial charge on any atom is 0.0429 e. The molecule has 0 saturated carbocycles. The highest BCUT2D eigenvalue weighted by Crippen LogP contribution is 2.25. The molecular formula is C10H15NS. The Balaban J connectivity index is 2.71. The molecule has 0 aliphatic rings. The van der Waals surface area contributed by atoms with Crippen LogP contribution in [0, 0.1) is 6.92 Å². The molecule has 1 nitrogen and oxygen atoms in total. The fourth-order valence-corrected chi connectivity index (χ4v) is 2.16. The van der Waals surface area contributed by atoms with Crippen LogP contribution >= 0.6 is 11.3 Å². The van der Waals surface area contributed by atoms with Crippen molar-refractivity contribution < 1.29 is 0 Å². The van der Waals surface area contributed by atoms with Gasteiger partial charge in [0.05, 0.1) is 0 Å². The number of hydrogen-bond donors (Lipinski definition) is 1. The van der Waals surface area contributed by atoms with Crippen molar-refractivity contribution in [1.29, 1.82) is 0 Å². The Bertz CT molecular complexity index is 275. The van der Waals surface area contributed by atoms with Crippen LogP contribution in [-0.2, 0) is 0 Å². The van der Waals surface area contributed by atoms with Crippen molar-refractivity contribution in [2.24, 2.45) is 5.73 Å². The van der Waals surface area contributed by atoms with Crippen molar-refractivity contribution in [3.63, 3.8) is 0 Å². The van der Waals surface area contributed by atoms with Crippen LogP contribution in [0.1, 0.15) is 29.8 Å². The highest BCUT2D eigenvalue weighted by Gasteiger charge is 2.09. The van der Waals surface area contributed by atoms with Crippen LogP contribution in [-0.4, -0.2) is 0 Å². The first kappa shape index (κ1) is 9.49. The fraction of sp³-hybridized carbons (Fsp3) is 0.400. The molecule has 0 aromatic carbocycles. The largest absolute Gasteiger partial charge is 0.323 e. The zero-order valence-corrected chi connectivity index (χ0v) is 8.45. The van der Waals surface area contributed by atoms with Crippen molar-refractivity contribution in [3.8, 4) is 0 Å². The first-order valence-electron chi connectivity index (χ1n) is 4.05. The molecule has 1 aromatic heterocycles. The Morgan fingerprint density at radius 3 is 2.83 bits per heavy atom. The predicted molar refractivity (Wildman–Crippen MR) is 55.4 cm³/mol. The van der Waals surface area contributed by atoms with Crippen LogP contribution in [0.25, 0.3) is 0 Å². The lowest BCUT2D eigenvalue weighted by Crippen LogP contribution is -2.09. The molecule has 0 spiro atoms. The minimum atomic E-state index is 0.141. The van der Waals surface area contributed by atoms with E-state index in [-0.39, 0.29) is 6.04 Å². The van der Waals surface area contributed by atoms with Crippen molar-refractivity contribution in [3.05, 3.63) is 34.0 Å². The van der Waals surface area contributed by atoms with Crippen LogP contribution in [0.4, 0.5) is 0 Å². The summed E-state index contributed by atoms with van der Waals surface area (Å²) in [4.78, 5) is 1.29. The van der Waals surface area contributed by atoms with Gasteiger partial charge in [-0.15, -0.1) is 17.9 Å². The second-order valence-electron chi connectivity index (χ2n) is 3.24. The third-order valence-corrected chi connectivity index (χ3v) is 2.96. The lowest BCUT2D eigenvalue weighted by molar-refractivity contribution is 0.727. The summed E-state index contributed by atoms with van der Waals surface area (Å²) in [6.45, 7) is 7.98. The molecule has 1 atom stereocenters. The fourth-order valence-electron chi connectivity index (χ4n) is 1.23. The minimum Gasteiger partial charge on any atom is -0.323 e. The first-order valence-corrected chi connectivity index (χ1v) is 4.93. The molecule has 0 aliphatic heterocycles. The Morgan fingerprint density at radius 1 is 1.75 bits per heavy atom. The van der Waals surface area contributed by atoms with E-state index in [1.165, 1.54) is 10.4 Å². The summed E-state index contributed by atoms with van der Waals surface area (Å²) in [5, 5.41) is 2.09. The Labute approximate surface area is 77.9 Å². The SMILES string of the molecule is C=C(C)CC(N)c1sccc1C. The van der Waals surface area contributed by atoms with E-state index >= 15 is 0 Å². The zero-order chi connectivity index (χ0) is 9.14. The third kappa shape index (κ3) is 2.19. The number of nitrogens with two attached hydrogens (primary N) is 1. The molecule has 12 heavy (non-hydrogen) atoms. The highest BCUT2D eigenvalue weighted by molar-refractivity contribution is 7.10. The van der Waals surface area contributed by atoms with Crippen molar-refractivity contribution in [1.82, 2.24) is 0 Å². The first-order chi connectivity index (χ1) is 5.61. The lowest BCUT2D eigenvalue weighted by Gasteiger charge is -2.10. The van der Waals surface area contributed by atoms with Gasteiger partial charge in [0, 0.05) is 10.9 Å². The van der Waals surface area contributed by atoms with E-state index in [0.29, 0.717) is 0 Å². The van der Waals surface area contributed by atoms with E-state index < -0.39 is 0 Å². The van der Waals surface area contributed by atoms with Gasteiger partial charge in [-0.1, -0.05) is 5.57 Å². The van der Waals surface area contributed by atoms with Crippen molar-refractivity contribution >= 4 is 11.3 Å². The van der Waals surface area contributed by atoms with Gasteiger partial charge in [0.15, 0.2) is 0 Å². The lowest BCUT2D eigenvalue weighted by atomic mass is 10.1. The molecule has 2 N–H and O–H groups in total. The topological polar surface area (TPSA) is 26.0 Å². The molecule has 1 heterocycles. The Kier molecular flexibility index (Phi) is 3.06. The highest BCUT2D eigenvalue weighted by atomic mass is 32.1. The molecule has 1 rings (SSSR count). The van der Waals surface area contributed by atoms with Gasteiger partial charge in [-0.25, -0.2) is 0 Å². The van der Waals surface area contributed by atoms with Gasteiger partial charge in [0.2, 0.25) is 0 Å². The van der Waals surface area contributed by atoms with E-state index in [1.807, 2.05) is 6.92 Å². The summed E-state index contributed by atoms with van der Waals surface area (Å²) in [6, 6.07) is 2.25. The summed E-state index contributed by atoms with van der Waals surface area (Å²) in [5.74, 6) is 0. The average molecular weight is 181 g/mol. The Morgan fingerprint density at radius 2 is 2.42 bits per heavy atom. The third-order valence-electron chi connectivity index (χ3n) is 1.81. The molecule has 0 bridgehead atoms. The maximum absolute atomic E-state index is 5.99. The van der Waals surface area contributed by atoms with Crippen LogP contribution in [0.15, 0.2) is 23.6 Å². The van der Waals surface area contributed by atoms with E-state index in [2.05, 4.69) is 24.9 Å². The summed E-state index contributed by atoms with van der Waals surface area (Å²) >= 11 is 1.73. The van der Waals surface area contributed by atoms with Crippen LogP contribution in [0.3, 0.4) is 0 Å². The van der Waals surface area contributed by atoms with Gasteiger partial charge in [-0.3, -0.25) is 0 Å². The van der Waals surface area contributed by atoms with Gasteiger partial charge in [0.1, 0.15) is 0 Å². The van der Waals surface area contributed by atoms with Crippen molar-refractivity contribution in [2.75, 3.05) is 0 Å². The molecule has 0 radical (unpaired) electrons. The van der Waals surface area contributed by atoms with Crippen LogP contribution in [0.5, 0.6) is 0 Å². The van der Waals surface area contributed by atoms with Gasteiger partial charge in [0.25, 0.3) is 0 Å².